The maximum atomic E-state index is 12.7. The highest BCUT2D eigenvalue weighted by atomic mass is 16.6. The Hall–Kier alpha value is -2.40. The fourth-order valence-electron chi connectivity index (χ4n) is 7.56. The van der Waals surface area contributed by atoms with E-state index >= 15 is 0 Å². The minimum atomic E-state index is -0.539. The molecule has 0 aromatic carbocycles. The van der Waals surface area contributed by atoms with Gasteiger partial charge in [-0.2, -0.15) is 0 Å². The van der Waals surface area contributed by atoms with E-state index in [1.165, 1.54) is 167 Å². The van der Waals surface area contributed by atoms with Gasteiger partial charge in [-0.3, -0.25) is 9.59 Å². The topological polar surface area (TPSA) is 61.8 Å². The summed E-state index contributed by atoms with van der Waals surface area (Å²) in [6.45, 7) is 7.69. The first-order chi connectivity index (χ1) is 30.6. The molecule has 0 radical (unpaired) electrons. The zero-order valence-corrected chi connectivity index (χ0v) is 41.4. The number of hydrogen-bond acceptors (Lipinski definition) is 5. The first kappa shape index (κ1) is 59.6. The van der Waals surface area contributed by atoms with Gasteiger partial charge in [-0.15, -0.1) is 0 Å². The maximum Gasteiger partial charge on any atom is 0.306 e. The van der Waals surface area contributed by atoms with Gasteiger partial charge in [0.25, 0.3) is 0 Å². The van der Waals surface area contributed by atoms with Crippen LogP contribution in [0.25, 0.3) is 0 Å². The van der Waals surface area contributed by atoms with Crippen LogP contribution in [-0.4, -0.2) is 37.9 Å². The number of hydrogen-bond donors (Lipinski definition) is 0. The minimum Gasteiger partial charge on any atom is -0.462 e. The summed E-state index contributed by atoms with van der Waals surface area (Å²) >= 11 is 0. The van der Waals surface area contributed by atoms with Gasteiger partial charge >= 0.3 is 11.9 Å². The summed E-state index contributed by atoms with van der Waals surface area (Å²) in [5.74, 6) is -0.400. The van der Waals surface area contributed by atoms with Crippen molar-refractivity contribution in [3.8, 4) is 0 Å². The third-order valence-corrected chi connectivity index (χ3v) is 11.5. The van der Waals surface area contributed by atoms with Gasteiger partial charge in [0.15, 0.2) is 6.10 Å². The molecule has 0 aromatic heterocycles. The van der Waals surface area contributed by atoms with Gasteiger partial charge in [0.2, 0.25) is 0 Å². The highest BCUT2D eigenvalue weighted by Gasteiger charge is 2.17. The predicted octanol–water partition coefficient (Wildman–Crippen LogP) is 18.1. The van der Waals surface area contributed by atoms with Crippen LogP contribution in [0.1, 0.15) is 265 Å². The summed E-state index contributed by atoms with van der Waals surface area (Å²) in [5, 5.41) is 0. The van der Waals surface area contributed by atoms with E-state index in [1.807, 2.05) is 0 Å². The van der Waals surface area contributed by atoms with Crippen LogP contribution in [0.4, 0.5) is 0 Å². The van der Waals surface area contributed by atoms with Crippen LogP contribution in [0.5, 0.6) is 0 Å². The second-order valence-corrected chi connectivity index (χ2v) is 17.8. The molecule has 0 N–H and O–H groups in total. The molecule has 5 nitrogen and oxygen atoms in total. The molecule has 0 amide bonds. The molecule has 0 saturated heterocycles. The lowest BCUT2D eigenvalue weighted by molar-refractivity contribution is -0.163. The SMILES string of the molecule is CC/C=C\C/C=C\C/C=C\CCCCCCCCCCOCC(COC(=O)CCCCCCCCCCC/C=C\C/C=C\CCCCC)OC(=O)CCCCCCCCCCC. The van der Waals surface area contributed by atoms with E-state index in [0.29, 0.717) is 19.4 Å². The molecule has 62 heavy (non-hydrogen) atoms. The van der Waals surface area contributed by atoms with Crippen LogP contribution in [0.2, 0.25) is 0 Å². The van der Waals surface area contributed by atoms with Gasteiger partial charge in [0.1, 0.15) is 6.61 Å². The Balaban J connectivity index is 4.17. The van der Waals surface area contributed by atoms with Gasteiger partial charge in [-0.1, -0.05) is 229 Å². The molecule has 0 aromatic rings. The molecular formula is C57H102O5. The zero-order valence-electron chi connectivity index (χ0n) is 41.4. The largest absolute Gasteiger partial charge is 0.462 e. The standard InChI is InChI=1S/C57H102O5/c1-4-7-10-13-16-19-21-23-25-27-29-30-32-34-36-39-41-44-47-50-56(58)61-54-55(62-57(59)51-48-45-42-38-18-15-12-9-6-3)53-60-52-49-46-43-40-37-35-33-31-28-26-24-22-20-17-14-11-8-5-2/h8,11,16-17,19-20,23-26,55H,4-7,9-10,12-15,18,21-22,27-54H2,1-3H3/b11-8-,19-16-,20-17-,25-23-,26-24-. The van der Waals surface area contributed by atoms with E-state index in [9.17, 15) is 9.59 Å². The van der Waals surface area contributed by atoms with E-state index in [-0.39, 0.29) is 25.2 Å². The van der Waals surface area contributed by atoms with Crippen molar-refractivity contribution in [2.75, 3.05) is 19.8 Å². The summed E-state index contributed by atoms with van der Waals surface area (Å²) in [6.07, 6.45) is 66.6. The van der Waals surface area contributed by atoms with Gasteiger partial charge < -0.3 is 14.2 Å². The summed E-state index contributed by atoms with van der Waals surface area (Å²) < 4.78 is 17.4. The number of carbonyl (C=O) groups is 2. The summed E-state index contributed by atoms with van der Waals surface area (Å²) in [5.41, 5.74) is 0. The monoisotopic (exact) mass is 867 g/mol. The molecule has 0 aliphatic carbocycles. The summed E-state index contributed by atoms with van der Waals surface area (Å²) in [7, 11) is 0. The summed E-state index contributed by atoms with van der Waals surface area (Å²) in [4.78, 5) is 25.4. The minimum absolute atomic E-state index is 0.0814. The highest BCUT2D eigenvalue weighted by molar-refractivity contribution is 5.70. The van der Waals surface area contributed by atoms with Gasteiger partial charge in [-0.05, 0) is 83.5 Å². The van der Waals surface area contributed by atoms with Gasteiger partial charge in [0, 0.05) is 19.4 Å². The molecule has 1 atom stereocenters. The van der Waals surface area contributed by atoms with E-state index < -0.39 is 6.10 Å². The second kappa shape index (κ2) is 52.9. The van der Waals surface area contributed by atoms with Crippen molar-refractivity contribution in [3.05, 3.63) is 60.8 Å². The molecule has 0 fully saturated rings. The number of carbonyl (C=O) groups excluding carboxylic acids is 2. The molecule has 360 valence electrons. The lowest BCUT2D eigenvalue weighted by atomic mass is 10.1. The van der Waals surface area contributed by atoms with Crippen LogP contribution in [0.3, 0.4) is 0 Å². The first-order valence-corrected chi connectivity index (χ1v) is 26.8. The average molecular weight is 867 g/mol. The third kappa shape index (κ3) is 50.2. The average Bonchev–Trinajstić information content (AvgIpc) is 3.27. The molecule has 0 aliphatic heterocycles. The summed E-state index contributed by atoms with van der Waals surface area (Å²) in [6, 6.07) is 0. The molecule has 0 spiro atoms. The van der Waals surface area contributed by atoms with E-state index in [0.717, 1.165) is 64.2 Å². The van der Waals surface area contributed by atoms with Crippen molar-refractivity contribution in [2.45, 2.75) is 271 Å². The van der Waals surface area contributed by atoms with Crippen molar-refractivity contribution in [1.29, 1.82) is 0 Å². The number of allylic oxidation sites excluding steroid dienone is 10. The van der Waals surface area contributed by atoms with Crippen molar-refractivity contribution in [2.24, 2.45) is 0 Å². The quantitative estimate of drug-likeness (QED) is 0.0346. The van der Waals surface area contributed by atoms with Crippen molar-refractivity contribution < 1.29 is 23.8 Å². The van der Waals surface area contributed by atoms with Crippen LogP contribution in [0, 0.1) is 0 Å². The Morgan fingerprint density at radius 3 is 1.19 bits per heavy atom. The fourth-order valence-corrected chi connectivity index (χ4v) is 7.56. The van der Waals surface area contributed by atoms with Gasteiger partial charge in [0.05, 0.1) is 6.61 Å². The Bertz CT molecular complexity index is 1070. The van der Waals surface area contributed by atoms with E-state index in [2.05, 4.69) is 81.5 Å². The fraction of sp³-hybridized carbons (Fsp3) is 0.789. The van der Waals surface area contributed by atoms with Crippen LogP contribution >= 0.6 is 0 Å². The Morgan fingerprint density at radius 1 is 0.371 bits per heavy atom. The molecule has 0 saturated carbocycles. The smallest absolute Gasteiger partial charge is 0.306 e. The Morgan fingerprint density at radius 2 is 0.726 bits per heavy atom. The highest BCUT2D eigenvalue weighted by Crippen LogP contribution is 2.15. The van der Waals surface area contributed by atoms with Crippen LogP contribution in [0.15, 0.2) is 60.8 Å². The maximum absolute atomic E-state index is 12.7. The normalized spacial score (nSPS) is 12.6. The van der Waals surface area contributed by atoms with E-state index in [4.69, 9.17) is 14.2 Å². The van der Waals surface area contributed by atoms with Crippen molar-refractivity contribution >= 4 is 11.9 Å². The molecule has 0 rings (SSSR count). The number of unbranched alkanes of at least 4 members (excludes halogenated alkanes) is 28. The molecule has 1 unspecified atom stereocenters. The molecule has 0 heterocycles. The molecule has 5 heteroatoms. The van der Waals surface area contributed by atoms with Crippen LogP contribution < -0.4 is 0 Å². The van der Waals surface area contributed by atoms with E-state index in [1.54, 1.807) is 0 Å². The molecule has 0 aliphatic rings. The van der Waals surface area contributed by atoms with Crippen molar-refractivity contribution in [1.82, 2.24) is 0 Å². The van der Waals surface area contributed by atoms with Crippen LogP contribution in [-0.2, 0) is 23.8 Å². The zero-order chi connectivity index (χ0) is 44.9. The first-order valence-electron chi connectivity index (χ1n) is 26.8. The van der Waals surface area contributed by atoms with Crippen molar-refractivity contribution in [3.63, 3.8) is 0 Å². The molecule has 0 bridgehead atoms. The Kier molecular flexibility index (Phi) is 50.9. The lowest BCUT2D eigenvalue weighted by Gasteiger charge is -2.18. The lowest BCUT2D eigenvalue weighted by Crippen LogP contribution is -2.30. The number of ether oxygens (including phenoxy) is 3. The number of esters is 2. The third-order valence-electron chi connectivity index (χ3n) is 11.5. The predicted molar refractivity (Wildman–Crippen MR) is 270 cm³/mol. The second-order valence-electron chi connectivity index (χ2n) is 17.8. The Labute approximate surface area is 385 Å². The van der Waals surface area contributed by atoms with Gasteiger partial charge in [-0.25, -0.2) is 0 Å². The molecular weight excluding hydrogens is 765 g/mol. The number of rotatable bonds is 49.